The average Bonchev–Trinajstić information content (AvgIpc) is 1.88. The van der Waals surface area contributed by atoms with E-state index in [2.05, 4.69) is 4.84 Å². The fourth-order valence-electron chi connectivity index (χ4n) is 0.744. The van der Waals surface area contributed by atoms with E-state index in [-0.39, 0.29) is 24.0 Å². The van der Waals surface area contributed by atoms with Crippen molar-refractivity contribution in [3.63, 3.8) is 0 Å². The minimum absolute atomic E-state index is 0. The van der Waals surface area contributed by atoms with Crippen molar-refractivity contribution in [1.82, 2.24) is 0 Å². The van der Waals surface area contributed by atoms with E-state index in [9.17, 15) is 5.21 Å². The number of halogens is 1. The van der Waals surface area contributed by atoms with Crippen LogP contribution in [0, 0.1) is 12.1 Å². The summed E-state index contributed by atoms with van der Waals surface area (Å²) in [5.74, 6) is 0.593. The Bertz CT molecular complexity index is 217. The van der Waals surface area contributed by atoms with Crippen molar-refractivity contribution in [2.24, 2.45) is 0 Å². The highest BCUT2D eigenvalue weighted by molar-refractivity contribution is 5.26. The molecule has 0 saturated carbocycles. The molecule has 2 N–H and O–H groups in total. The molecule has 0 atom stereocenters. The number of hydrogen-bond acceptors (Lipinski definition) is 2. The summed E-state index contributed by atoms with van der Waals surface area (Å²) in [7, 11) is 0. The molecule has 62 valence electrons. The molecule has 0 aliphatic carbocycles. The lowest BCUT2D eigenvalue weighted by molar-refractivity contribution is -0.808. The summed E-state index contributed by atoms with van der Waals surface area (Å²) >= 11 is 0. The lowest BCUT2D eigenvalue weighted by Gasteiger charge is -2.02. The van der Waals surface area contributed by atoms with Gasteiger partial charge in [0, 0.05) is 0 Å². The van der Waals surface area contributed by atoms with Gasteiger partial charge in [-0.3, -0.25) is 0 Å². The first-order valence-electron chi connectivity index (χ1n) is 3.00. The number of aryl methyl sites for hydroxylation is 1. The highest BCUT2D eigenvalue weighted by Crippen LogP contribution is 2.09. The largest absolute Gasteiger partial charge is 1.00 e. The Hall–Kier alpha value is -0.330. The van der Waals surface area contributed by atoms with Crippen molar-refractivity contribution >= 4 is 0 Å². The van der Waals surface area contributed by atoms with Gasteiger partial charge in [0.2, 0.25) is 0 Å². The van der Waals surface area contributed by atoms with Crippen LogP contribution in [0.3, 0.4) is 0 Å². The molecule has 0 unspecified atom stereocenters. The second-order valence-electron chi connectivity index (χ2n) is 2.03. The minimum atomic E-state index is 0. The molecule has 1 rings (SSSR count). The van der Waals surface area contributed by atoms with Gasteiger partial charge in [-0.25, -0.2) is 0 Å². The first kappa shape index (κ1) is 10.7. The van der Waals surface area contributed by atoms with Crippen molar-refractivity contribution < 1.29 is 34.5 Å². The monoisotopic (exact) mass is 266 g/mol. The van der Waals surface area contributed by atoms with Gasteiger partial charge in [-0.1, -0.05) is 12.1 Å². The molecule has 0 amide bonds. The fraction of sp³-hybridized carbons (Fsp3) is 0.143. The zero-order chi connectivity index (χ0) is 7.40. The standard InChI is InChI=1S/C7H9NO2.HI/c1-6-3-2-4-7(5-6)10-8-9;/h2-5H,8H2,1H3;1H/p-1. The number of rotatable bonds is 2. The van der Waals surface area contributed by atoms with Crippen molar-refractivity contribution in [1.29, 1.82) is 0 Å². The summed E-state index contributed by atoms with van der Waals surface area (Å²) in [5, 5.41) is 9.86. The minimum Gasteiger partial charge on any atom is -1.00 e. The van der Waals surface area contributed by atoms with Gasteiger partial charge in [0.1, 0.15) is 0 Å². The quantitative estimate of drug-likeness (QED) is 0.470. The Balaban J connectivity index is 0.000001000. The van der Waals surface area contributed by atoms with Crippen molar-refractivity contribution in [3.05, 3.63) is 35.0 Å². The predicted octanol–water partition coefficient (Wildman–Crippen LogP) is -2.65. The third-order valence-electron chi connectivity index (χ3n) is 1.17. The molecule has 0 aliphatic heterocycles. The van der Waals surface area contributed by atoms with Gasteiger partial charge in [-0.2, -0.15) is 5.64 Å². The van der Waals surface area contributed by atoms with Gasteiger partial charge in [0.05, 0.1) is 0 Å². The Morgan fingerprint density at radius 2 is 2.18 bits per heavy atom. The third kappa shape index (κ3) is 3.54. The Kier molecular flexibility index (Phi) is 5.18. The summed E-state index contributed by atoms with van der Waals surface area (Å²) in [4.78, 5) is 4.61. The topological polar surface area (TPSA) is 48.9 Å². The van der Waals surface area contributed by atoms with E-state index in [1.165, 1.54) is 0 Å². The van der Waals surface area contributed by atoms with Crippen LogP contribution in [0.5, 0.6) is 5.75 Å². The van der Waals surface area contributed by atoms with Crippen LogP contribution in [0.25, 0.3) is 0 Å². The van der Waals surface area contributed by atoms with E-state index in [1.54, 1.807) is 12.1 Å². The summed E-state index contributed by atoms with van der Waals surface area (Å²) in [6.07, 6.45) is 0. The van der Waals surface area contributed by atoms with E-state index in [4.69, 9.17) is 0 Å². The average molecular weight is 266 g/mol. The normalized spacial score (nSPS) is 8.55. The maximum atomic E-state index is 9.86. The lowest BCUT2D eigenvalue weighted by atomic mass is 10.2. The van der Waals surface area contributed by atoms with Gasteiger partial charge in [0.25, 0.3) is 0 Å². The summed E-state index contributed by atoms with van der Waals surface area (Å²) < 4.78 is 0. The molecular formula is C7H9INO2-. The molecule has 0 fully saturated rings. The van der Waals surface area contributed by atoms with Gasteiger partial charge in [0.15, 0.2) is 5.75 Å². The highest BCUT2D eigenvalue weighted by Gasteiger charge is 1.91. The summed E-state index contributed by atoms with van der Waals surface area (Å²) in [6.45, 7) is 1.94. The molecule has 0 bridgehead atoms. The van der Waals surface area contributed by atoms with Crippen LogP contribution >= 0.6 is 0 Å². The van der Waals surface area contributed by atoms with Gasteiger partial charge in [-0.15, -0.1) is 0 Å². The summed E-state index contributed by atoms with van der Waals surface area (Å²) in [6, 6.07) is 7.32. The molecule has 1 aromatic carbocycles. The maximum Gasteiger partial charge on any atom is 0.190 e. The zero-order valence-electron chi connectivity index (χ0n) is 6.08. The van der Waals surface area contributed by atoms with E-state index in [0.29, 0.717) is 11.4 Å². The van der Waals surface area contributed by atoms with Crippen LogP contribution in [0.1, 0.15) is 5.56 Å². The molecule has 0 spiro atoms. The molecule has 0 aliphatic rings. The molecule has 0 aromatic heterocycles. The predicted molar refractivity (Wildman–Crippen MR) is 37.1 cm³/mol. The van der Waals surface area contributed by atoms with Crippen molar-refractivity contribution in [2.45, 2.75) is 6.92 Å². The van der Waals surface area contributed by atoms with Crippen LogP contribution in [-0.2, 0) is 0 Å². The Labute approximate surface area is 82.3 Å². The highest BCUT2D eigenvalue weighted by atomic mass is 127. The molecule has 3 nitrogen and oxygen atoms in total. The van der Waals surface area contributed by atoms with E-state index >= 15 is 0 Å². The molecule has 0 radical (unpaired) electrons. The van der Waals surface area contributed by atoms with Crippen molar-refractivity contribution in [3.8, 4) is 5.75 Å². The molecule has 11 heavy (non-hydrogen) atoms. The Morgan fingerprint density at radius 1 is 1.45 bits per heavy atom. The molecule has 0 saturated heterocycles. The van der Waals surface area contributed by atoms with Gasteiger partial charge < -0.3 is 34.0 Å². The van der Waals surface area contributed by atoms with Crippen molar-refractivity contribution in [2.75, 3.05) is 0 Å². The first-order chi connectivity index (χ1) is 4.83. The Morgan fingerprint density at radius 3 is 2.73 bits per heavy atom. The second kappa shape index (κ2) is 5.34. The van der Waals surface area contributed by atoms with Gasteiger partial charge in [-0.05, 0) is 24.6 Å². The van der Waals surface area contributed by atoms with Crippen LogP contribution in [-0.4, -0.2) is 0 Å². The van der Waals surface area contributed by atoms with Gasteiger partial charge >= 0.3 is 0 Å². The first-order valence-corrected chi connectivity index (χ1v) is 3.00. The lowest BCUT2D eigenvalue weighted by Crippen LogP contribution is -3.00. The number of hydrogen-bond donors (Lipinski definition) is 1. The smallest absolute Gasteiger partial charge is 0.190 e. The summed E-state index contributed by atoms with van der Waals surface area (Å²) in [5.41, 5.74) is 1.51. The molecule has 0 heterocycles. The third-order valence-corrected chi connectivity index (χ3v) is 1.17. The SMILES string of the molecule is Cc1cccc(O[NH2+][O-])c1.[I-]. The number of quaternary nitrogens is 1. The van der Waals surface area contributed by atoms with E-state index in [1.807, 2.05) is 19.1 Å². The van der Waals surface area contributed by atoms with Crippen LogP contribution < -0.4 is 34.5 Å². The molecular weight excluding hydrogens is 257 g/mol. The number of benzene rings is 1. The fourth-order valence-corrected chi connectivity index (χ4v) is 0.744. The molecule has 1 aromatic rings. The maximum absolute atomic E-state index is 9.86. The van der Waals surface area contributed by atoms with E-state index < -0.39 is 0 Å². The zero-order valence-corrected chi connectivity index (χ0v) is 8.24. The number of nitrogens with two attached hydrogens (primary N) is 1. The molecule has 4 heteroatoms. The van der Waals surface area contributed by atoms with Crippen LogP contribution in [0.4, 0.5) is 0 Å². The van der Waals surface area contributed by atoms with Crippen LogP contribution in [0.2, 0.25) is 0 Å². The second-order valence-corrected chi connectivity index (χ2v) is 2.03. The van der Waals surface area contributed by atoms with Crippen LogP contribution in [0.15, 0.2) is 24.3 Å². The van der Waals surface area contributed by atoms with E-state index in [0.717, 1.165) is 5.56 Å².